The van der Waals surface area contributed by atoms with Gasteiger partial charge in [-0.05, 0) is 31.2 Å². The summed E-state index contributed by atoms with van der Waals surface area (Å²) >= 11 is 0. The minimum atomic E-state index is 0.606. The van der Waals surface area contributed by atoms with Crippen molar-refractivity contribution in [2.75, 3.05) is 6.54 Å². The first-order valence-corrected chi connectivity index (χ1v) is 6.31. The zero-order valence-electron chi connectivity index (χ0n) is 10.3. The molecular weight excluding hydrogens is 200 g/mol. The second-order valence-corrected chi connectivity index (χ2v) is 5.21. The molecule has 1 unspecified atom stereocenters. The second kappa shape index (κ2) is 4.95. The van der Waals surface area contributed by atoms with E-state index in [9.17, 15) is 0 Å². The van der Waals surface area contributed by atoms with Crippen LogP contribution in [0.25, 0.3) is 0 Å². The van der Waals surface area contributed by atoms with Crippen molar-refractivity contribution in [2.24, 2.45) is 17.6 Å². The van der Waals surface area contributed by atoms with E-state index in [1.165, 1.54) is 18.7 Å². The van der Waals surface area contributed by atoms with Crippen LogP contribution in [0, 0.1) is 11.8 Å². The monoisotopic (exact) mass is 222 g/mol. The average molecular weight is 222 g/mol. The van der Waals surface area contributed by atoms with E-state index < -0.39 is 0 Å². The Bertz CT molecular complexity index is 343. The smallest absolute Gasteiger partial charge is 0.133 e. The minimum Gasteiger partial charge on any atom is -0.330 e. The van der Waals surface area contributed by atoms with Crippen molar-refractivity contribution < 1.29 is 0 Å². The summed E-state index contributed by atoms with van der Waals surface area (Å²) in [6.07, 6.45) is 4.43. The van der Waals surface area contributed by atoms with Crippen LogP contribution in [-0.2, 0) is 19.4 Å². The van der Waals surface area contributed by atoms with Crippen LogP contribution in [-0.4, -0.2) is 21.3 Å². The summed E-state index contributed by atoms with van der Waals surface area (Å²) in [6.45, 7) is 6.32. The minimum absolute atomic E-state index is 0.606. The molecule has 0 saturated carbocycles. The van der Waals surface area contributed by atoms with Gasteiger partial charge < -0.3 is 10.3 Å². The van der Waals surface area contributed by atoms with Crippen LogP contribution in [0.1, 0.15) is 38.3 Å². The molecule has 16 heavy (non-hydrogen) atoms. The lowest BCUT2D eigenvalue weighted by Gasteiger charge is -2.22. The molecule has 0 fully saturated rings. The Morgan fingerprint density at radius 2 is 2.25 bits per heavy atom. The van der Waals surface area contributed by atoms with Gasteiger partial charge in [0.25, 0.3) is 0 Å². The maximum Gasteiger partial charge on any atom is 0.133 e. The molecule has 0 bridgehead atoms. The number of fused-ring (bicyclic) bond motifs is 1. The molecule has 1 aromatic heterocycles. The molecule has 0 amide bonds. The van der Waals surface area contributed by atoms with Crippen molar-refractivity contribution >= 4 is 0 Å². The number of hydrogen-bond acceptors (Lipinski definition) is 3. The molecule has 4 nitrogen and oxygen atoms in total. The van der Waals surface area contributed by atoms with Crippen molar-refractivity contribution in [1.29, 1.82) is 0 Å². The Labute approximate surface area is 97.2 Å². The van der Waals surface area contributed by atoms with Crippen LogP contribution in [0.3, 0.4) is 0 Å². The molecular formula is C12H22N4. The maximum absolute atomic E-state index is 5.71. The Balaban J connectivity index is 2.04. The lowest BCUT2D eigenvalue weighted by Crippen LogP contribution is -2.26. The van der Waals surface area contributed by atoms with Crippen molar-refractivity contribution in [2.45, 2.75) is 46.1 Å². The van der Waals surface area contributed by atoms with Gasteiger partial charge in [0.15, 0.2) is 0 Å². The van der Waals surface area contributed by atoms with Crippen molar-refractivity contribution in [1.82, 2.24) is 14.8 Å². The van der Waals surface area contributed by atoms with Crippen LogP contribution in [0.2, 0.25) is 0 Å². The van der Waals surface area contributed by atoms with Gasteiger partial charge in [0.2, 0.25) is 0 Å². The van der Waals surface area contributed by atoms with Crippen molar-refractivity contribution in [3.05, 3.63) is 11.6 Å². The number of nitrogens with zero attached hydrogens (tertiary/aromatic N) is 3. The summed E-state index contributed by atoms with van der Waals surface area (Å²) in [5, 5.41) is 8.60. The number of nitrogens with two attached hydrogens (primary N) is 1. The molecule has 90 valence electrons. The Morgan fingerprint density at radius 3 is 2.94 bits per heavy atom. The van der Waals surface area contributed by atoms with Gasteiger partial charge in [0.05, 0.1) is 0 Å². The molecule has 1 aromatic rings. The highest BCUT2D eigenvalue weighted by Crippen LogP contribution is 2.20. The zero-order chi connectivity index (χ0) is 11.5. The molecule has 2 heterocycles. The van der Waals surface area contributed by atoms with Gasteiger partial charge in [-0.3, -0.25) is 0 Å². The van der Waals surface area contributed by atoms with E-state index in [0.29, 0.717) is 5.92 Å². The van der Waals surface area contributed by atoms with Crippen LogP contribution in [0.4, 0.5) is 0 Å². The molecule has 1 atom stereocenters. The van der Waals surface area contributed by atoms with E-state index in [1.54, 1.807) is 0 Å². The lowest BCUT2D eigenvalue weighted by molar-refractivity contribution is 0.382. The van der Waals surface area contributed by atoms with Crippen LogP contribution < -0.4 is 5.73 Å². The van der Waals surface area contributed by atoms with E-state index in [1.807, 2.05) is 0 Å². The highest BCUT2D eigenvalue weighted by molar-refractivity contribution is 5.00. The Hall–Kier alpha value is -0.900. The van der Waals surface area contributed by atoms with Gasteiger partial charge in [-0.25, -0.2) is 0 Å². The van der Waals surface area contributed by atoms with E-state index in [2.05, 4.69) is 28.6 Å². The van der Waals surface area contributed by atoms with E-state index >= 15 is 0 Å². The summed E-state index contributed by atoms with van der Waals surface area (Å²) in [5.74, 6) is 3.64. The number of aromatic nitrogens is 3. The summed E-state index contributed by atoms with van der Waals surface area (Å²) < 4.78 is 2.30. The first-order chi connectivity index (χ1) is 7.70. The third kappa shape index (κ3) is 2.43. The number of rotatable bonds is 4. The molecule has 1 aliphatic rings. The predicted molar refractivity (Wildman–Crippen MR) is 64.0 cm³/mol. The quantitative estimate of drug-likeness (QED) is 0.837. The first kappa shape index (κ1) is 11.6. The Morgan fingerprint density at radius 1 is 1.44 bits per heavy atom. The maximum atomic E-state index is 5.71. The van der Waals surface area contributed by atoms with Gasteiger partial charge in [0, 0.05) is 19.4 Å². The highest BCUT2D eigenvalue weighted by Gasteiger charge is 2.21. The molecule has 4 heteroatoms. The van der Waals surface area contributed by atoms with Gasteiger partial charge in [-0.1, -0.05) is 13.8 Å². The largest absolute Gasteiger partial charge is 0.330 e. The Kier molecular flexibility index (Phi) is 3.59. The highest BCUT2D eigenvalue weighted by atomic mass is 15.3. The first-order valence-electron chi connectivity index (χ1n) is 6.31. The molecule has 2 rings (SSSR count). The van der Waals surface area contributed by atoms with Crippen LogP contribution >= 0.6 is 0 Å². The predicted octanol–water partition coefficient (Wildman–Crippen LogP) is 1.39. The fourth-order valence-corrected chi connectivity index (χ4v) is 2.26. The van der Waals surface area contributed by atoms with E-state index in [4.69, 9.17) is 5.73 Å². The van der Waals surface area contributed by atoms with Crippen LogP contribution in [0.15, 0.2) is 0 Å². The molecule has 0 aliphatic carbocycles. The molecule has 0 radical (unpaired) electrons. The fourth-order valence-electron chi connectivity index (χ4n) is 2.26. The third-order valence-corrected chi connectivity index (χ3v) is 3.41. The van der Waals surface area contributed by atoms with Gasteiger partial charge in [-0.2, -0.15) is 0 Å². The summed E-state index contributed by atoms with van der Waals surface area (Å²) in [6, 6.07) is 0. The standard InChI is InChI=1S/C12H22N4/c1-9(2)3-4-11-14-15-12-7-10(8-13)5-6-16(11)12/h9-10H,3-8,13H2,1-2H3. The SMILES string of the molecule is CC(C)CCc1nnc2n1CCC(CN)C2. The van der Waals surface area contributed by atoms with Gasteiger partial charge >= 0.3 is 0 Å². The van der Waals surface area contributed by atoms with E-state index in [-0.39, 0.29) is 0 Å². The molecule has 1 aliphatic heterocycles. The normalized spacial score (nSPS) is 20.1. The molecule has 0 aromatic carbocycles. The van der Waals surface area contributed by atoms with Gasteiger partial charge in [-0.15, -0.1) is 10.2 Å². The average Bonchev–Trinajstić information content (AvgIpc) is 2.68. The van der Waals surface area contributed by atoms with Crippen LogP contribution in [0.5, 0.6) is 0 Å². The second-order valence-electron chi connectivity index (χ2n) is 5.21. The van der Waals surface area contributed by atoms with E-state index in [0.717, 1.165) is 37.7 Å². The summed E-state index contributed by atoms with van der Waals surface area (Å²) in [7, 11) is 0. The zero-order valence-corrected chi connectivity index (χ0v) is 10.3. The lowest BCUT2D eigenvalue weighted by atomic mass is 9.98. The molecule has 0 spiro atoms. The van der Waals surface area contributed by atoms with Crippen molar-refractivity contribution in [3.63, 3.8) is 0 Å². The summed E-state index contributed by atoms with van der Waals surface area (Å²) in [4.78, 5) is 0. The summed E-state index contributed by atoms with van der Waals surface area (Å²) in [5.41, 5.74) is 5.71. The molecule has 0 saturated heterocycles. The number of aryl methyl sites for hydroxylation is 1. The number of hydrogen-bond donors (Lipinski definition) is 1. The topological polar surface area (TPSA) is 56.7 Å². The van der Waals surface area contributed by atoms with Gasteiger partial charge in [0.1, 0.15) is 11.6 Å². The third-order valence-electron chi connectivity index (χ3n) is 3.41. The molecule has 2 N–H and O–H groups in total. The van der Waals surface area contributed by atoms with Crippen molar-refractivity contribution in [3.8, 4) is 0 Å². The fraction of sp³-hybridized carbons (Fsp3) is 0.833.